The molecule has 20 heavy (non-hydrogen) atoms. The summed E-state index contributed by atoms with van der Waals surface area (Å²) in [4.78, 5) is 0. The molecule has 6 heteroatoms. The number of ether oxygens (including phenoxy) is 1. The fourth-order valence-electron chi connectivity index (χ4n) is 3.56. The van der Waals surface area contributed by atoms with E-state index in [9.17, 15) is 8.42 Å². The molecule has 2 N–H and O–H groups in total. The lowest BCUT2D eigenvalue weighted by atomic mass is 9.98. The molecule has 0 spiro atoms. The Morgan fingerprint density at radius 1 is 1.30 bits per heavy atom. The lowest BCUT2D eigenvalue weighted by molar-refractivity contribution is 0.123. The van der Waals surface area contributed by atoms with Gasteiger partial charge in [-0.3, -0.25) is 0 Å². The molecule has 0 aromatic carbocycles. The normalized spacial score (nSPS) is 26.4. The van der Waals surface area contributed by atoms with E-state index in [1.54, 1.807) is 4.31 Å². The molecule has 2 rings (SSSR count). The molecule has 1 atom stereocenters. The summed E-state index contributed by atoms with van der Waals surface area (Å²) >= 11 is 0. The maximum Gasteiger partial charge on any atom is 0.217 e. The first-order valence-corrected chi connectivity index (χ1v) is 9.47. The predicted octanol–water partition coefficient (Wildman–Crippen LogP) is 1.48. The predicted molar refractivity (Wildman–Crippen MR) is 80.0 cm³/mol. The van der Waals surface area contributed by atoms with Crippen LogP contribution in [0.4, 0.5) is 0 Å². The Labute approximate surface area is 122 Å². The Hall–Kier alpha value is -0.170. The molecule has 5 nitrogen and oxygen atoms in total. The van der Waals surface area contributed by atoms with Crippen molar-refractivity contribution < 1.29 is 13.2 Å². The van der Waals surface area contributed by atoms with Gasteiger partial charge in [-0.25, -0.2) is 8.42 Å². The highest BCUT2D eigenvalue weighted by molar-refractivity contribution is 7.89. The molecule has 2 fully saturated rings. The van der Waals surface area contributed by atoms with E-state index < -0.39 is 10.0 Å². The number of hydrogen-bond donors (Lipinski definition) is 1. The van der Waals surface area contributed by atoms with Crippen molar-refractivity contribution in [3.8, 4) is 0 Å². The highest BCUT2D eigenvalue weighted by atomic mass is 32.2. The third-order valence-electron chi connectivity index (χ3n) is 4.63. The third kappa shape index (κ3) is 3.35. The van der Waals surface area contributed by atoms with Gasteiger partial charge in [-0.05, 0) is 32.1 Å². The Morgan fingerprint density at radius 2 is 2.00 bits per heavy atom. The highest BCUT2D eigenvalue weighted by Gasteiger charge is 2.44. The third-order valence-corrected chi connectivity index (χ3v) is 6.66. The van der Waals surface area contributed by atoms with Crippen molar-refractivity contribution >= 4 is 10.0 Å². The molecule has 118 valence electrons. The number of sulfonamides is 1. The topological polar surface area (TPSA) is 72.6 Å². The van der Waals surface area contributed by atoms with Gasteiger partial charge in [0.25, 0.3) is 0 Å². The fourth-order valence-corrected chi connectivity index (χ4v) is 5.78. The van der Waals surface area contributed by atoms with Crippen molar-refractivity contribution in [3.05, 3.63) is 0 Å². The zero-order valence-electron chi connectivity index (χ0n) is 12.5. The van der Waals surface area contributed by atoms with Crippen LogP contribution in [0.1, 0.15) is 51.9 Å². The van der Waals surface area contributed by atoms with E-state index in [0.717, 1.165) is 44.9 Å². The van der Waals surface area contributed by atoms with Gasteiger partial charge < -0.3 is 10.5 Å². The SMILES string of the molecule is CCCN(C1(CN)CCCC1)S(=O)(=O)CC1CCCO1. The molecule has 1 unspecified atom stereocenters. The minimum atomic E-state index is -3.29. The van der Waals surface area contributed by atoms with Gasteiger partial charge in [0.15, 0.2) is 0 Å². The van der Waals surface area contributed by atoms with Crippen LogP contribution in [-0.2, 0) is 14.8 Å². The second kappa shape index (κ2) is 6.73. The van der Waals surface area contributed by atoms with Crippen molar-refractivity contribution in [1.29, 1.82) is 0 Å². The summed E-state index contributed by atoms with van der Waals surface area (Å²) in [5.74, 6) is 0.120. The zero-order chi connectivity index (χ0) is 14.6. The first-order valence-electron chi connectivity index (χ1n) is 7.86. The van der Waals surface area contributed by atoms with Crippen molar-refractivity contribution in [1.82, 2.24) is 4.31 Å². The van der Waals surface area contributed by atoms with E-state index in [2.05, 4.69) is 0 Å². The number of nitrogens with two attached hydrogens (primary N) is 1. The molecule has 2 aliphatic rings. The van der Waals surface area contributed by atoms with Crippen LogP contribution in [-0.4, -0.2) is 49.8 Å². The summed E-state index contributed by atoms with van der Waals surface area (Å²) in [7, 11) is -3.29. The molecule has 1 saturated carbocycles. The number of hydrogen-bond acceptors (Lipinski definition) is 4. The largest absolute Gasteiger partial charge is 0.377 e. The second-order valence-corrected chi connectivity index (χ2v) is 8.06. The minimum Gasteiger partial charge on any atom is -0.377 e. The second-order valence-electron chi connectivity index (χ2n) is 6.12. The van der Waals surface area contributed by atoms with Crippen molar-refractivity contribution in [3.63, 3.8) is 0 Å². The van der Waals surface area contributed by atoms with Crippen LogP contribution in [0.25, 0.3) is 0 Å². The van der Waals surface area contributed by atoms with Crippen molar-refractivity contribution in [2.75, 3.05) is 25.4 Å². The Kier molecular flexibility index (Phi) is 5.45. The summed E-state index contributed by atoms with van der Waals surface area (Å²) in [5, 5.41) is 0. The van der Waals surface area contributed by atoms with Gasteiger partial charge in [-0.1, -0.05) is 19.8 Å². The van der Waals surface area contributed by atoms with E-state index in [0.29, 0.717) is 19.7 Å². The van der Waals surface area contributed by atoms with Crippen molar-refractivity contribution in [2.45, 2.75) is 63.5 Å². The molecule has 1 saturated heterocycles. The molecule has 0 aromatic heterocycles. The van der Waals surface area contributed by atoms with Gasteiger partial charge in [0.1, 0.15) is 0 Å². The maximum atomic E-state index is 12.8. The van der Waals surface area contributed by atoms with Crippen LogP contribution in [0, 0.1) is 0 Å². The molecule has 0 radical (unpaired) electrons. The smallest absolute Gasteiger partial charge is 0.217 e. The van der Waals surface area contributed by atoms with Crippen LogP contribution in [0.2, 0.25) is 0 Å². The van der Waals surface area contributed by atoms with Crippen molar-refractivity contribution in [2.24, 2.45) is 5.73 Å². The monoisotopic (exact) mass is 304 g/mol. The summed E-state index contributed by atoms with van der Waals surface area (Å²) in [6, 6.07) is 0. The fraction of sp³-hybridized carbons (Fsp3) is 1.00. The Balaban J connectivity index is 2.17. The molecule has 0 bridgehead atoms. The van der Waals surface area contributed by atoms with Crippen LogP contribution in [0.5, 0.6) is 0 Å². The lowest BCUT2D eigenvalue weighted by Gasteiger charge is -2.40. The molecule has 1 heterocycles. The average molecular weight is 304 g/mol. The molecule has 1 aliphatic carbocycles. The quantitative estimate of drug-likeness (QED) is 0.773. The summed E-state index contributed by atoms with van der Waals surface area (Å²) in [5.41, 5.74) is 5.63. The van der Waals surface area contributed by atoms with Gasteiger partial charge in [-0.2, -0.15) is 4.31 Å². The van der Waals surface area contributed by atoms with Crippen LogP contribution in [0.15, 0.2) is 0 Å². The first kappa shape index (κ1) is 16.2. The molecular weight excluding hydrogens is 276 g/mol. The van der Waals surface area contributed by atoms with E-state index in [1.165, 1.54) is 0 Å². The molecule has 0 aromatic rings. The Bertz CT molecular complexity index is 399. The first-order chi connectivity index (χ1) is 9.54. The molecule has 0 amide bonds. The standard InChI is InChI=1S/C14H28N2O3S/c1-2-9-16(14(12-15)7-3-4-8-14)20(17,18)11-13-6-5-10-19-13/h13H,2-12,15H2,1H3. The van der Waals surface area contributed by atoms with Gasteiger partial charge in [-0.15, -0.1) is 0 Å². The van der Waals surface area contributed by atoms with Gasteiger partial charge in [0.2, 0.25) is 10.0 Å². The zero-order valence-corrected chi connectivity index (χ0v) is 13.3. The summed E-state index contributed by atoms with van der Waals surface area (Å²) in [6.45, 7) is 3.72. The van der Waals surface area contributed by atoms with E-state index >= 15 is 0 Å². The maximum absolute atomic E-state index is 12.8. The Morgan fingerprint density at radius 3 is 2.50 bits per heavy atom. The summed E-state index contributed by atoms with van der Waals surface area (Å²) in [6.07, 6.45) is 6.47. The highest BCUT2D eigenvalue weighted by Crippen LogP contribution is 2.37. The molecule has 1 aliphatic heterocycles. The van der Waals surface area contributed by atoms with Crippen LogP contribution < -0.4 is 5.73 Å². The number of nitrogens with zero attached hydrogens (tertiary/aromatic N) is 1. The molecular formula is C14H28N2O3S. The van der Waals surface area contributed by atoms with Crippen LogP contribution >= 0.6 is 0 Å². The lowest BCUT2D eigenvalue weighted by Crippen LogP contribution is -2.56. The van der Waals surface area contributed by atoms with E-state index in [4.69, 9.17) is 10.5 Å². The van der Waals surface area contributed by atoms with E-state index in [1.807, 2.05) is 6.92 Å². The van der Waals surface area contributed by atoms with Crippen LogP contribution in [0.3, 0.4) is 0 Å². The number of rotatable bonds is 7. The van der Waals surface area contributed by atoms with E-state index in [-0.39, 0.29) is 17.4 Å². The van der Waals surface area contributed by atoms with Gasteiger partial charge >= 0.3 is 0 Å². The minimum absolute atomic E-state index is 0.120. The van der Waals surface area contributed by atoms with Gasteiger partial charge in [0.05, 0.1) is 11.9 Å². The summed E-state index contributed by atoms with van der Waals surface area (Å²) < 4.78 is 32.9. The average Bonchev–Trinajstić information content (AvgIpc) is 3.07. The van der Waals surface area contributed by atoms with Gasteiger partial charge in [0, 0.05) is 25.2 Å².